The van der Waals surface area contributed by atoms with E-state index >= 15 is 0 Å². The molecule has 0 aliphatic carbocycles. The van der Waals surface area contributed by atoms with Crippen LogP contribution in [0.4, 0.5) is 10.5 Å². The highest BCUT2D eigenvalue weighted by molar-refractivity contribution is 5.99. The van der Waals surface area contributed by atoms with E-state index in [1.165, 1.54) is 0 Å². The van der Waals surface area contributed by atoms with Gasteiger partial charge in [0, 0.05) is 12.2 Å². The summed E-state index contributed by atoms with van der Waals surface area (Å²) in [4.78, 5) is 22.3. The number of nitrogens with one attached hydrogen (secondary N) is 2. The number of primary amides is 1. The molecule has 19 heavy (non-hydrogen) atoms. The standard InChI is InChI=1S/C13H19N3O3/c1-2-7-15-11-6-4-3-5-10(11)12(17)16-8-9-19-13(14)18/h3-6,15H,2,7-9H2,1H3,(H2,14,18)(H,16,17). The van der Waals surface area contributed by atoms with Crippen LogP contribution in [-0.4, -0.2) is 31.7 Å². The second kappa shape index (κ2) is 7.97. The first kappa shape index (κ1) is 14.8. The van der Waals surface area contributed by atoms with E-state index in [0.29, 0.717) is 5.56 Å². The largest absolute Gasteiger partial charge is 0.448 e. The summed E-state index contributed by atoms with van der Waals surface area (Å²) in [5, 5.41) is 5.85. The van der Waals surface area contributed by atoms with Crippen molar-refractivity contribution >= 4 is 17.7 Å². The number of amides is 2. The highest BCUT2D eigenvalue weighted by Gasteiger charge is 2.09. The van der Waals surface area contributed by atoms with Crippen molar-refractivity contribution in [3.63, 3.8) is 0 Å². The Balaban J connectivity index is 2.53. The third kappa shape index (κ3) is 5.29. The minimum absolute atomic E-state index is 0.0611. The molecule has 0 atom stereocenters. The van der Waals surface area contributed by atoms with Gasteiger partial charge in [0.25, 0.3) is 5.91 Å². The Hall–Kier alpha value is -2.24. The lowest BCUT2D eigenvalue weighted by atomic mass is 10.1. The fourth-order valence-electron chi connectivity index (χ4n) is 1.51. The topological polar surface area (TPSA) is 93.4 Å². The zero-order valence-corrected chi connectivity index (χ0v) is 10.9. The zero-order chi connectivity index (χ0) is 14.1. The molecule has 0 saturated carbocycles. The van der Waals surface area contributed by atoms with E-state index in [9.17, 15) is 9.59 Å². The zero-order valence-electron chi connectivity index (χ0n) is 10.9. The Morgan fingerprint density at radius 1 is 1.26 bits per heavy atom. The Labute approximate surface area is 112 Å². The maximum absolute atomic E-state index is 12.0. The van der Waals surface area contributed by atoms with Gasteiger partial charge < -0.3 is 21.1 Å². The Kier molecular flexibility index (Phi) is 6.21. The summed E-state index contributed by atoms with van der Waals surface area (Å²) in [7, 11) is 0. The number of anilines is 1. The van der Waals surface area contributed by atoms with Crippen LogP contribution in [-0.2, 0) is 4.74 Å². The Morgan fingerprint density at radius 3 is 2.68 bits per heavy atom. The lowest BCUT2D eigenvalue weighted by Crippen LogP contribution is -2.29. The fraction of sp³-hybridized carbons (Fsp3) is 0.385. The second-order valence-electron chi connectivity index (χ2n) is 3.90. The van der Waals surface area contributed by atoms with Gasteiger partial charge in [-0.2, -0.15) is 0 Å². The lowest BCUT2D eigenvalue weighted by Gasteiger charge is -2.11. The number of para-hydroxylation sites is 1. The summed E-state index contributed by atoms with van der Waals surface area (Å²) in [5.74, 6) is -0.215. The predicted molar refractivity (Wildman–Crippen MR) is 73.1 cm³/mol. The second-order valence-corrected chi connectivity index (χ2v) is 3.90. The van der Waals surface area contributed by atoms with Crippen molar-refractivity contribution in [3.05, 3.63) is 29.8 Å². The molecule has 0 aliphatic heterocycles. The van der Waals surface area contributed by atoms with Crippen LogP contribution in [0.2, 0.25) is 0 Å². The van der Waals surface area contributed by atoms with Crippen LogP contribution in [0.5, 0.6) is 0 Å². The highest BCUT2D eigenvalue weighted by Crippen LogP contribution is 2.14. The molecule has 0 saturated heterocycles. The van der Waals surface area contributed by atoms with Gasteiger partial charge in [-0.15, -0.1) is 0 Å². The van der Waals surface area contributed by atoms with Crippen molar-refractivity contribution in [2.45, 2.75) is 13.3 Å². The maximum Gasteiger partial charge on any atom is 0.404 e. The number of hydrogen-bond donors (Lipinski definition) is 3. The minimum Gasteiger partial charge on any atom is -0.448 e. The number of carbonyl (C=O) groups excluding carboxylic acids is 2. The minimum atomic E-state index is -0.848. The molecule has 0 aromatic heterocycles. The van der Waals surface area contributed by atoms with E-state index in [-0.39, 0.29) is 19.1 Å². The third-order valence-corrected chi connectivity index (χ3v) is 2.37. The van der Waals surface area contributed by atoms with Gasteiger partial charge in [-0.1, -0.05) is 19.1 Å². The van der Waals surface area contributed by atoms with Crippen LogP contribution in [0.15, 0.2) is 24.3 Å². The molecule has 4 N–H and O–H groups in total. The molecule has 1 aromatic carbocycles. The third-order valence-electron chi connectivity index (χ3n) is 2.37. The Bertz CT molecular complexity index is 435. The van der Waals surface area contributed by atoms with Gasteiger partial charge in [-0.05, 0) is 18.6 Å². The Morgan fingerprint density at radius 2 is 2.00 bits per heavy atom. The SMILES string of the molecule is CCCNc1ccccc1C(=O)NCCOC(N)=O. The van der Waals surface area contributed by atoms with Crippen molar-refractivity contribution in [3.8, 4) is 0 Å². The molecule has 0 aliphatic rings. The van der Waals surface area contributed by atoms with E-state index < -0.39 is 6.09 Å². The fourth-order valence-corrected chi connectivity index (χ4v) is 1.51. The van der Waals surface area contributed by atoms with Crippen LogP contribution in [0.25, 0.3) is 0 Å². The predicted octanol–water partition coefficient (Wildman–Crippen LogP) is 1.33. The lowest BCUT2D eigenvalue weighted by molar-refractivity contribution is 0.0937. The van der Waals surface area contributed by atoms with E-state index in [2.05, 4.69) is 22.3 Å². The molecular formula is C13H19N3O3. The molecule has 6 nitrogen and oxygen atoms in total. The molecule has 0 bridgehead atoms. The summed E-state index contributed by atoms with van der Waals surface area (Å²) < 4.78 is 4.53. The number of rotatable bonds is 7. The average molecular weight is 265 g/mol. The van der Waals surface area contributed by atoms with E-state index in [1.54, 1.807) is 12.1 Å². The molecule has 1 aromatic rings. The van der Waals surface area contributed by atoms with Gasteiger partial charge >= 0.3 is 6.09 Å². The van der Waals surface area contributed by atoms with Crippen molar-refractivity contribution in [1.82, 2.24) is 5.32 Å². The molecule has 0 fully saturated rings. The molecule has 0 heterocycles. The molecular weight excluding hydrogens is 246 g/mol. The molecule has 2 amide bonds. The first-order valence-corrected chi connectivity index (χ1v) is 6.18. The van der Waals surface area contributed by atoms with E-state index in [4.69, 9.17) is 5.73 Å². The van der Waals surface area contributed by atoms with Crippen LogP contribution in [0.1, 0.15) is 23.7 Å². The normalized spacial score (nSPS) is 9.74. The van der Waals surface area contributed by atoms with Crippen molar-refractivity contribution in [1.29, 1.82) is 0 Å². The molecule has 104 valence electrons. The monoisotopic (exact) mass is 265 g/mol. The highest BCUT2D eigenvalue weighted by atomic mass is 16.5. The average Bonchev–Trinajstić information content (AvgIpc) is 2.41. The smallest absolute Gasteiger partial charge is 0.404 e. The number of nitrogens with two attached hydrogens (primary N) is 1. The van der Waals surface area contributed by atoms with Gasteiger partial charge in [-0.25, -0.2) is 4.79 Å². The molecule has 6 heteroatoms. The van der Waals surface area contributed by atoms with Crippen LogP contribution in [0, 0.1) is 0 Å². The number of hydrogen-bond acceptors (Lipinski definition) is 4. The first-order chi connectivity index (χ1) is 9.15. The summed E-state index contributed by atoms with van der Waals surface area (Å²) in [5.41, 5.74) is 6.17. The van der Waals surface area contributed by atoms with Crippen molar-refractivity contribution in [2.75, 3.05) is 25.0 Å². The summed E-state index contributed by atoms with van der Waals surface area (Å²) in [6.45, 7) is 3.14. The molecule has 1 rings (SSSR count). The maximum atomic E-state index is 12.0. The summed E-state index contributed by atoms with van der Waals surface area (Å²) in [6, 6.07) is 7.25. The summed E-state index contributed by atoms with van der Waals surface area (Å²) in [6.07, 6.45) is 0.127. The van der Waals surface area contributed by atoms with Crippen LogP contribution in [0.3, 0.4) is 0 Å². The van der Waals surface area contributed by atoms with Gasteiger partial charge in [0.2, 0.25) is 0 Å². The van der Waals surface area contributed by atoms with Crippen molar-refractivity contribution in [2.24, 2.45) is 5.73 Å². The van der Waals surface area contributed by atoms with Gasteiger partial charge in [0.1, 0.15) is 6.61 Å². The van der Waals surface area contributed by atoms with Gasteiger partial charge in [0.15, 0.2) is 0 Å². The number of ether oxygens (including phenoxy) is 1. The van der Waals surface area contributed by atoms with E-state index in [0.717, 1.165) is 18.7 Å². The van der Waals surface area contributed by atoms with E-state index in [1.807, 2.05) is 12.1 Å². The van der Waals surface area contributed by atoms with Gasteiger partial charge in [-0.3, -0.25) is 4.79 Å². The quantitative estimate of drug-likeness (QED) is 0.648. The molecule has 0 radical (unpaired) electrons. The molecule has 0 unspecified atom stereocenters. The van der Waals surface area contributed by atoms with Crippen molar-refractivity contribution < 1.29 is 14.3 Å². The number of carbonyl (C=O) groups is 2. The first-order valence-electron chi connectivity index (χ1n) is 6.18. The van der Waals surface area contributed by atoms with Crippen LogP contribution < -0.4 is 16.4 Å². The molecule has 0 spiro atoms. The summed E-state index contributed by atoms with van der Waals surface area (Å²) >= 11 is 0. The van der Waals surface area contributed by atoms with Gasteiger partial charge in [0.05, 0.1) is 12.1 Å². The number of benzene rings is 1. The van der Waals surface area contributed by atoms with Crippen LogP contribution >= 0.6 is 0 Å².